The summed E-state index contributed by atoms with van der Waals surface area (Å²) < 4.78 is 0.443. The molecule has 2 nitrogen and oxygen atoms in total. The van der Waals surface area contributed by atoms with E-state index in [1.165, 1.54) is 45.3 Å². The molecule has 1 rings (SSSR count). The lowest BCUT2D eigenvalue weighted by Crippen LogP contribution is -2.46. The van der Waals surface area contributed by atoms with Gasteiger partial charge in [-0.05, 0) is 64.4 Å². The third-order valence-electron chi connectivity index (χ3n) is 5.25. The molecule has 19 heavy (non-hydrogen) atoms. The molecule has 1 unspecified atom stereocenters. The third-order valence-corrected chi connectivity index (χ3v) is 6.84. The van der Waals surface area contributed by atoms with Gasteiger partial charge in [0.25, 0.3) is 0 Å². The smallest absolute Gasteiger partial charge is 0.0276 e. The van der Waals surface area contributed by atoms with Crippen molar-refractivity contribution < 1.29 is 0 Å². The highest BCUT2D eigenvalue weighted by atomic mass is 32.2. The molecule has 1 atom stereocenters. The zero-order chi connectivity index (χ0) is 14.3. The van der Waals surface area contributed by atoms with Crippen molar-refractivity contribution in [2.45, 2.75) is 64.2 Å². The quantitative estimate of drug-likeness (QED) is 0.734. The standard InChI is InChI=1S/C16H34N2S/c1-6-16(7-2,19-5)13-17-14(4)15-9-11-18(8-3)12-10-15/h14-15,17H,6-13H2,1-5H3. The molecule has 3 heteroatoms. The fraction of sp³-hybridized carbons (Fsp3) is 1.00. The van der Waals surface area contributed by atoms with E-state index < -0.39 is 0 Å². The molecule has 0 aromatic carbocycles. The number of thioether (sulfide) groups is 1. The average molecular weight is 287 g/mol. The number of hydrogen-bond donors (Lipinski definition) is 1. The van der Waals surface area contributed by atoms with Crippen molar-refractivity contribution in [1.82, 2.24) is 10.2 Å². The maximum absolute atomic E-state index is 3.84. The Morgan fingerprint density at radius 2 is 1.79 bits per heavy atom. The molecule has 0 amide bonds. The van der Waals surface area contributed by atoms with Gasteiger partial charge in [-0.15, -0.1) is 0 Å². The van der Waals surface area contributed by atoms with E-state index in [4.69, 9.17) is 0 Å². The van der Waals surface area contributed by atoms with Crippen molar-refractivity contribution in [3.8, 4) is 0 Å². The summed E-state index contributed by atoms with van der Waals surface area (Å²) in [6.07, 6.45) is 7.52. The second kappa shape index (κ2) is 8.53. The van der Waals surface area contributed by atoms with Crippen LogP contribution in [-0.2, 0) is 0 Å². The van der Waals surface area contributed by atoms with Crippen LogP contribution in [-0.4, -0.2) is 48.1 Å². The number of hydrogen-bond acceptors (Lipinski definition) is 3. The minimum atomic E-state index is 0.443. The zero-order valence-corrected chi connectivity index (χ0v) is 14.5. The second-order valence-electron chi connectivity index (χ2n) is 6.04. The molecule has 1 heterocycles. The number of piperidine rings is 1. The SMILES string of the molecule is CCN1CCC(C(C)NCC(CC)(CC)SC)CC1. The average Bonchev–Trinajstić information content (AvgIpc) is 2.49. The molecule has 0 bridgehead atoms. The van der Waals surface area contributed by atoms with Crippen molar-refractivity contribution in [3.63, 3.8) is 0 Å². The molecular weight excluding hydrogens is 252 g/mol. The highest BCUT2D eigenvalue weighted by Gasteiger charge is 2.28. The van der Waals surface area contributed by atoms with Gasteiger partial charge in [-0.25, -0.2) is 0 Å². The van der Waals surface area contributed by atoms with Crippen LogP contribution in [0, 0.1) is 5.92 Å². The molecule has 1 aliphatic heterocycles. The highest BCUT2D eigenvalue weighted by Crippen LogP contribution is 2.30. The minimum Gasteiger partial charge on any atom is -0.313 e. The van der Waals surface area contributed by atoms with Crippen LogP contribution >= 0.6 is 11.8 Å². The summed E-state index contributed by atoms with van der Waals surface area (Å²) in [5.74, 6) is 0.871. The largest absolute Gasteiger partial charge is 0.313 e. The Kier molecular flexibility index (Phi) is 7.78. The molecule has 1 N–H and O–H groups in total. The number of nitrogens with one attached hydrogen (secondary N) is 1. The summed E-state index contributed by atoms with van der Waals surface area (Å²) in [5.41, 5.74) is 0. The fourth-order valence-corrected chi connectivity index (χ4v) is 3.95. The van der Waals surface area contributed by atoms with Crippen LogP contribution in [0.4, 0.5) is 0 Å². The summed E-state index contributed by atoms with van der Waals surface area (Å²) in [4.78, 5) is 2.58. The van der Waals surface area contributed by atoms with Crippen LogP contribution in [0.15, 0.2) is 0 Å². The van der Waals surface area contributed by atoms with Gasteiger partial charge in [0.05, 0.1) is 0 Å². The van der Waals surface area contributed by atoms with Crippen LogP contribution in [0.3, 0.4) is 0 Å². The summed E-state index contributed by atoms with van der Waals surface area (Å²) in [5, 5.41) is 3.84. The lowest BCUT2D eigenvalue weighted by molar-refractivity contribution is 0.167. The first-order valence-corrected chi connectivity index (χ1v) is 9.34. The van der Waals surface area contributed by atoms with Gasteiger partial charge in [0.15, 0.2) is 0 Å². The van der Waals surface area contributed by atoms with Crippen LogP contribution in [0.1, 0.15) is 53.4 Å². The molecule has 114 valence electrons. The molecular formula is C16H34N2S. The van der Waals surface area contributed by atoms with E-state index >= 15 is 0 Å². The van der Waals surface area contributed by atoms with Gasteiger partial charge in [0.1, 0.15) is 0 Å². The molecule has 0 aromatic rings. The summed E-state index contributed by atoms with van der Waals surface area (Å²) in [6, 6.07) is 0.670. The summed E-state index contributed by atoms with van der Waals surface area (Å²) in [6.45, 7) is 14.3. The fourth-order valence-electron chi connectivity index (χ4n) is 3.14. The summed E-state index contributed by atoms with van der Waals surface area (Å²) >= 11 is 2.04. The number of likely N-dealkylation sites (tertiary alicyclic amines) is 1. The Hall–Kier alpha value is 0.270. The normalized spacial score (nSPS) is 20.7. The number of rotatable bonds is 8. The minimum absolute atomic E-state index is 0.443. The first-order chi connectivity index (χ1) is 9.10. The Labute approximate surface area is 125 Å². The van der Waals surface area contributed by atoms with E-state index in [0.29, 0.717) is 10.8 Å². The predicted octanol–water partition coefficient (Wildman–Crippen LogP) is 3.62. The molecule has 1 saturated heterocycles. The van der Waals surface area contributed by atoms with Crippen molar-refractivity contribution in [3.05, 3.63) is 0 Å². The lowest BCUT2D eigenvalue weighted by Gasteiger charge is -2.37. The van der Waals surface area contributed by atoms with E-state index in [2.05, 4.69) is 44.2 Å². The monoisotopic (exact) mass is 286 g/mol. The van der Waals surface area contributed by atoms with Crippen LogP contribution in [0.5, 0.6) is 0 Å². The topological polar surface area (TPSA) is 15.3 Å². The van der Waals surface area contributed by atoms with Crippen molar-refractivity contribution in [2.75, 3.05) is 32.4 Å². The maximum Gasteiger partial charge on any atom is 0.0276 e. The highest BCUT2D eigenvalue weighted by molar-refractivity contribution is 8.00. The third kappa shape index (κ3) is 4.95. The maximum atomic E-state index is 3.84. The molecule has 0 radical (unpaired) electrons. The van der Waals surface area contributed by atoms with Crippen molar-refractivity contribution in [1.29, 1.82) is 0 Å². The van der Waals surface area contributed by atoms with E-state index in [9.17, 15) is 0 Å². The van der Waals surface area contributed by atoms with Gasteiger partial charge in [-0.3, -0.25) is 0 Å². The first-order valence-electron chi connectivity index (χ1n) is 8.11. The Bertz CT molecular complexity index is 225. The van der Waals surface area contributed by atoms with Gasteiger partial charge in [-0.1, -0.05) is 20.8 Å². The van der Waals surface area contributed by atoms with Gasteiger partial charge in [0.2, 0.25) is 0 Å². The van der Waals surface area contributed by atoms with E-state index in [-0.39, 0.29) is 0 Å². The molecule has 1 aliphatic rings. The summed E-state index contributed by atoms with van der Waals surface area (Å²) in [7, 11) is 0. The molecule has 0 aliphatic carbocycles. The van der Waals surface area contributed by atoms with Gasteiger partial charge < -0.3 is 10.2 Å². The van der Waals surface area contributed by atoms with Crippen LogP contribution < -0.4 is 5.32 Å². The second-order valence-corrected chi connectivity index (χ2v) is 7.31. The first kappa shape index (κ1) is 17.3. The van der Waals surface area contributed by atoms with E-state index in [1.54, 1.807) is 0 Å². The van der Waals surface area contributed by atoms with Gasteiger partial charge in [0, 0.05) is 17.3 Å². The number of nitrogens with zero attached hydrogens (tertiary/aromatic N) is 1. The lowest BCUT2D eigenvalue weighted by atomic mass is 9.89. The van der Waals surface area contributed by atoms with E-state index in [1.807, 2.05) is 11.8 Å². The van der Waals surface area contributed by atoms with Crippen LogP contribution in [0.25, 0.3) is 0 Å². The Morgan fingerprint density at radius 1 is 1.21 bits per heavy atom. The molecule has 1 fully saturated rings. The Balaban J connectivity index is 2.37. The van der Waals surface area contributed by atoms with Crippen molar-refractivity contribution in [2.24, 2.45) is 5.92 Å². The van der Waals surface area contributed by atoms with Gasteiger partial charge in [-0.2, -0.15) is 11.8 Å². The molecule has 0 saturated carbocycles. The molecule has 0 spiro atoms. The molecule has 0 aromatic heterocycles. The Morgan fingerprint density at radius 3 is 2.21 bits per heavy atom. The van der Waals surface area contributed by atoms with Gasteiger partial charge >= 0.3 is 0 Å². The van der Waals surface area contributed by atoms with Crippen molar-refractivity contribution >= 4 is 11.8 Å². The van der Waals surface area contributed by atoms with Crippen LogP contribution in [0.2, 0.25) is 0 Å². The predicted molar refractivity (Wildman–Crippen MR) is 89.1 cm³/mol. The van der Waals surface area contributed by atoms with E-state index in [0.717, 1.165) is 12.5 Å². The zero-order valence-electron chi connectivity index (χ0n) is 13.7.